The number of H-pyrrole nitrogens is 1. The zero-order valence-corrected chi connectivity index (χ0v) is 24.3. The number of fused-ring (bicyclic) bond motifs is 1. The molecule has 2 aromatic heterocycles. The van der Waals surface area contributed by atoms with Crippen LogP contribution in [0.25, 0.3) is 22.3 Å². The number of ether oxygens (including phenoxy) is 1. The minimum absolute atomic E-state index is 0.104. The molecule has 4 aromatic rings. The van der Waals surface area contributed by atoms with E-state index >= 15 is 0 Å². The van der Waals surface area contributed by atoms with Gasteiger partial charge in [0, 0.05) is 49.9 Å². The van der Waals surface area contributed by atoms with Gasteiger partial charge in [0.05, 0.1) is 16.8 Å². The Morgan fingerprint density at radius 2 is 1.98 bits per heavy atom. The van der Waals surface area contributed by atoms with Gasteiger partial charge in [-0.15, -0.1) is 0 Å². The Kier molecular flexibility index (Phi) is 8.88. The number of likely N-dealkylation sites (N-methyl/N-ethyl adjacent to an activating group) is 1. The molecule has 15 heteroatoms. The van der Waals surface area contributed by atoms with E-state index in [1.165, 1.54) is 6.08 Å². The van der Waals surface area contributed by atoms with E-state index in [2.05, 4.69) is 41.4 Å². The van der Waals surface area contributed by atoms with Crippen LogP contribution in [-0.4, -0.2) is 80.7 Å². The van der Waals surface area contributed by atoms with Crippen LogP contribution in [0.15, 0.2) is 55.1 Å². The Hall–Kier alpha value is -3.84. The number of halogens is 1. The number of nitrogens with one attached hydrogen (secondary N) is 2. The largest absolute Gasteiger partial charge is 0.472 e. The summed E-state index contributed by atoms with van der Waals surface area (Å²) in [7, 11) is -2.67. The van der Waals surface area contributed by atoms with Gasteiger partial charge in [-0.25, -0.2) is 14.1 Å². The van der Waals surface area contributed by atoms with Crippen molar-refractivity contribution in [1.82, 2.24) is 25.1 Å². The molecule has 0 saturated carbocycles. The normalized spacial score (nSPS) is 14.2. The number of anilines is 3. The number of aromatic amines is 1. The fourth-order valence-corrected chi connectivity index (χ4v) is 4.97. The first kappa shape index (κ1) is 29.6. The van der Waals surface area contributed by atoms with Crippen LogP contribution < -0.4 is 15.0 Å². The fraction of sp³-hybridized carbons (Fsp3) is 0.259. The number of benzene rings is 2. The molecule has 3 heterocycles. The number of carbonyl (C=O) groups excluding carboxylic acids is 1. The summed E-state index contributed by atoms with van der Waals surface area (Å²) in [5.41, 5.74) is 3.65. The second-order valence-corrected chi connectivity index (χ2v) is 11.3. The zero-order chi connectivity index (χ0) is 29.9. The van der Waals surface area contributed by atoms with Crippen LogP contribution in [-0.2, 0) is 20.3 Å². The highest BCUT2D eigenvalue weighted by molar-refractivity contribution is 7.46. The molecule has 0 unspecified atom stereocenters. The summed E-state index contributed by atoms with van der Waals surface area (Å²) in [6.45, 7) is 6.10. The molecule has 0 bridgehead atoms. The Morgan fingerprint density at radius 3 is 2.71 bits per heavy atom. The smallest absolute Gasteiger partial charge is 0.465 e. The van der Waals surface area contributed by atoms with Crippen molar-refractivity contribution in [2.75, 3.05) is 50.2 Å². The lowest BCUT2D eigenvalue weighted by atomic mass is 10.0. The monoisotopic (exact) mass is 613 g/mol. The Labute approximate surface area is 246 Å². The topological polar surface area (TPSA) is 166 Å². The van der Waals surface area contributed by atoms with Gasteiger partial charge in [-0.2, -0.15) is 10.1 Å². The second-order valence-electron chi connectivity index (χ2n) is 9.66. The number of carbonyl (C=O) groups is 1. The third kappa shape index (κ3) is 7.13. The molecule has 4 N–H and O–H groups in total. The van der Waals surface area contributed by atoms with Crippen LogP contribution in [0.5, 0.6) is 5.75 Å². The van der Waals surface area contributed by atoms with Crippen LogP contribution in [0.1, 0.15) is 5.56 Å². The van der Waals surface area contributed by atoms with E-state index in [1.54, 1.807) is 6.07 Å². The Balaban J connectivity index is 1.48. The number of hydrogen-bond acceptors (Lipinski definition) is 10. The quantitative estimate of drug-likeness (QED) is 0.110. The first-order chi connectivity index (χ1) is 20.1. The summed E-state index contributed by atoms with van der Waals surface area (Å²) >= 11 is 6.41. The number of ketones is 1. The molecule has 220 valence electrons. The van der Waals surface area contributed by atoms with E-state index in [0.717, 1.165) is 37.4 Å². The highest BCUT2D eigenvalue weighted by Gasteiger charge is 2.21. The van der Waals surface area contributed by atoms with Crippen LogP contribution in [0.3, 0.4) is 0 Å². The van der Waals surface area contributed by atoms with Crippen molar-refractivity contribution < 1.29 is 28.4 Å². The van der Waals surface area contributed by atoms with Crippen molar-refractivity contribution in [3.63, 3.8) is 0 Å². The molecule has 1 fully saturated rings. The molecule has 0 atom stereocenters. The van der Waals surface area contributed by atoms with E-state index in [0.29, 0.717) is 33.7 Å². The van der Waals surface area contributed by atoms with Gasteiger partial charge < -0.3 is 29.6 Å². The summed E-state index contributed by atoms with van der Waals surface area (Å²) < 4.78 is 21.4. The van der Waals surface area contributed by atoms with Gasteiger partial charge in [-0.1, -0.05) is 36.4 Å². The molecular formula is C27H29ClN7O6P. The summed E-state index contributed by atoms with van der Waals surface area (Å²) in [4.78, 5) is 43.7. The molecule has 13 nitrogen and oxygen atoms in total. The zero-order valence-electron chi connectivity index (χ0n) is 22.7. The maximum Gasteiger partial charge on any atom is 0.472 e. The number of piperazine rings is 1. The van der Waals surface area contributed by atoms with Crippen molar-refractivity contribution in [3.8, 4) is 17.0 Å². The second kappa shape index (κ2) is 12.6. The number of phosphoric acid groups is 1. The van der Waals surface area contributed by atoms with Gasteiger partial charge in [0.25, 0.3) is 0 Å². The van der Waals surface area contributed by atoms with Crippen molar-refractivity contribution in [2.45, 2.75) is 6.42 Å². The van der Waals surface area contributed by atoms with Crippen LogP contribution in [0.4, 0.5) is 17.3 Å². The highest BCUT2D eigenvalue weighted by atomic mass is 35.5. The summed E-state index contributed by atoms with van der Waals surface area (Å²) in [5.74, 6) is 0.479. The number of phosphoric ester groups is 1. The first-order valence-electron chi connectivity index (χ1n) is 12.9. The molecule has 0 amide bonds. The average molecular weight is 614 g/mol. The van der Waals surface area contributed by atoms with E-state index < -0.39 is 14.6 Å². The van der Waals surface area contributed by atoms with Gasteiger partial charge >= 0.3 is 7.82 Å². The summed E-state index contributed by atoms with van der Waals surface area (Å²) in [5, 5.41) is 10.9. The summed E-state index contributed by atoms with van der Waals surface area (Å²) in [6.07, 6.45) is 1.49. The Morgan fingerprint density at radius 1 is 1.19 bits per heavy atom. The van der Waals surface area contributed by atoms with Gasteiger partial charge in [-0.05, 0) is 36.9 Å². The van der Waals surface area contributed by atoms with Crippen molar-refractivity contribution in [3.05, 3.63) is 65.8 Å². The fourth-order valence-electron chi connectivity index (χ4n) is 4.56. The van der Waals surface area contributed by atoms with E-state index in [1.807, 2.05) is 43.4 Å². The first-order valence-corrected chi connectivity index (χ1v) is 14.8. The summed E-state index contributed by atoms with van der Waals surface area (Å²) in [6, 6.07) is 12.8. The molecule has 42 heavy (non-hydrogen) atoms. The molecule has 0 radical (unpaired) electrons. The maximum atomic E-state index is 11.9. The van der Waals surface area contributed by atoms with Crippen LogP contribution in [0, 0.1) is 0 Å². The van der Waals surface area contributed by atoms with Crippen LogP contribution >= 0.6 is 19.4 Å². The minimum Gasteiger partial charge on any atom is -0.465 e. The third-order valence-electron chi connectivity index (χ3n) is 6.67. The average Bonchev–Trinajstić information content (AvgIpc) is 3.33. The van der Waals surface area contributed by atoms with E-state index in [-0.39, 0.29) is 23.3 Å². The molecule has 2 aromatic carbocycles. The van der Waals surface area contributed by atoms with Gasteiger partial charge in [0.15, 0.2) is 18.2 Å². The molecule has 1 saturated heterocycles. The third-order valence-corrected chi connectivity index (χ3v) is 7.39. The number of nitrogens with zero attached hydrogens (tertiary/aromatic N) is 5. The van der Waals surface area contributed by atoms with Crippen molar-refractivity contribution in [1.29, 1.82) is 0 Å². The van der Waals surface area contributed by atoms with Gasteiger partial charge in [0.2, 0.25) is 5.95 Å². The Bertz CT molecular complexity index is 1670. The maximum absolute atomic E-state index is 11.9. The van der Waals surface area contributed by atoms with E-state index in [4.69, 9.17) is 31.1 Å². The molecule has 1 aliphatic rings. The number of rotatable bonds is 11. The molecule has 0 aliphatic carbocycles. The molecule has 1 aliphatic heterocycles. The molecule has 0 spiro atoms. The number of allylic oxidation sites excluding steroid dienone is 1. The van der Waals surface area contributed by atoms with E-state index in [9.17, 15) is 9.36 Å². The highest BCUT2D eigenvalue weighted by Crippen LogP contribution is 2.38. The lowest BCUT2D eigenvalue weighted by Crippen LogP contribution is -2.44. The van der Waals surface area contributed by atoms with Gasteiger partial charge in [0.1, 0.15) is 10.9 Å². The van der Waals surface area contributed by atoms with Crippen molar-refractivity contribution in [2.24, 2.45) is 0 Å². The van der Waals surface area contributed by atoms with Crippen molar-refractivity contribution >= 4 is 53.6 Å². The SMILES string of the molecule is C=CC(=O)Cc1cccc(-c2nc(Nc3ccc(N4CCN(C)CC4)c(OCOP(=O)(O)O)c3)nc3n[nH]c(Cl)c23)c1. The standard InChI is InChI=1S/C27H29ClN7O6P/c1-3-20(36)14-17-5-4-6-18(13-17)24-23-25(28)32-33-26(23)31-27(30-24)29-19-7-8-21(35-11-9-34(2)10-12-35)22(15-19)40-16-41-42(37,38)39/h3-8,13,15H,1,9-12,14,16H2,2H3,(H2,37,38,39)(H2,29,30,31,32,33). The van der Waals surface area contributed by atoms with Crippen LogP contribution in [0.2, 0.25) is 5.15 Å². The minimum atomic E-state index is -4.72. The lowest BCUT2D eigenvalue weighted by Gasteiger charge is -2.35. The van der Waals surface area contributed by atoms with Gasteiger partial charge in [-0.3, -0.25) is 9.89 Å². The molecule has 5 rings (SSSR count). The molecular weight excluding hydrogens is 585 g/mol. The lowest BCUT2D eigenvalue weighted by molar-refractivity contribution is -0.114. The predicted molar refractivity (Wildman–Crippen MR) is 159 cm³/mol. The predicted octanol–water partition coefficient (Wildman–Crippen LogP) is 3.91. The number of aromatic nitrogens is 4. The number of hydrogen-bond donors (Lipinski definition) is 4.